The van der Waals surface area contributed by atoms with Gasteiger partial charge in [-0.2, -0.15) is 35.5 Å². The Kier molecular flexibility index (Phi) is 13.4. The normalized spacial score (nSPS) is 14.5. The molecule has 2 aromatic carbocycles. The van der Waals surface area contributed by atoms with Crippen LogP contribution in [-0.2, 0) is 22.7 Å². The van der Waals surface area contributed by atoms with E-state index in [-0.39, 0.29) is 0 Å². The molecule has 4 aromatic rings. The van der Waals surface area contributed by atoms with Gasteiger partial charge in [-0.05, 0) is 62.8 Å². The number of nitrogens with zero attached hydrogens (tertiary/aromatic N) is 2. The van der Waals surface area contributed by atoms with E-state index in [2.05, 4.69) is 94.5 Å². The van der Waals surface area contributed by atoms with Gasteiger partial charge in [0, 0.05) is 50.2 Å². The number of carbonyl (C=O) groups is 2. The van der Waals surface area contributed by atoms with Gasteiger partial charge < -0.3 is 30.4 Å². The van der Waals surface area contributed by atoms with Crippen LogP contribution in [0.5, 0.6) is 0 Å². The third kappa shape index (κ3) is 11.3. The number of hydrogen-bond donors (Lipinski definition) is 2. The van der Waals surface area contributed by atoms with Crippen molar-refractivity contribution in [1.82, 2.24) is 0 Å². The molecule has 2 aromatic heterocycles. The molecule has 0 aliphatic carbocycles. The zero-order valence-electron chi connectivity index (χ0n) is 26.6. The summed E-state index contributed by atoms with van der Waals surface area (Å²) in [7, 11) is 0. The highest BCUT2D eigenvalue weighted by molar-refractivity contribution is 5.90. The number of pyridine rings is 2. The summed E-state index contributed by atoms with van der Waals surface area (Å²) in [4.78, 5) is 17.6. The maximum Gasteiger partial charge on any atom is 0.430 e. The summed E-state index contributed by atoms with van der Waals surface area (Å²) in [5.41, 5.74) is 7.83. The van der Waals surface area contributed by atoms with E-state index in [9.17, 15) is 26.3 Å². The zero-order chi connectivity index (χ0) is 35.5. The molecule has 0 saturated heterocycles. The van der Waals surface area contributed by atoms with Crippen LogP contribution in [0.25, 0.3) is 21.8 Å². The first kappa shape index (κ1) is 37.8. The number of hydrogen-bond acceptors (Lipinski definition) is 6. The molecule has 2 N–H and O–H groups in total. The van der Waals surface area contributed by atoms with E-state index in [0.717, 1.165) is 26.2 Å². The van der Waals surface area contributed by atoms with E-state index in [1.807, 2.05) is 0 Å². The first-order valence-electron chi connectivity index (χ1n) is 15.5. The van der Waals surface area contributed by atoms with E-state index in [1.54, 1.807) is 0 Å². The predicted molar refractivity (Wildman–Crippen MR) is 165 cm³/mol. The van der Waals surface area contributed by atoms with Crippen LogP contribution < -0.4 is 30.0 Å². The zero-order valence-corrected chi connectivity index (χ0v) is 26.6. The Bertz CT molecular complexity index is 1590. The third-order valence-corrected chi connectivity index (χ3v) is 7.59. The van der Waals surface area contributed by atoms with Crippen LogP contribution in [0.15, 0.2) is 60.9 Å². The molecule has 0 radical (unpaired) electrons. The van der Waals surface area contributed by atoms with Gasteiger partial charge in [0.2, 0.25) is 11.0 Å². The summed E-state index contributed by atoms with van der Waals surface area (Å²) in [5, 5.41) is 27.7. The second kappa shape index (κ2) is 17.0. The van der Waals surface area contributed by atoms with Crippen LogP contribution in [0.2, 0.25) is 0 Å². The van der Waals surface area contributed by atoms with Crippen molar-refractivity contribution in [3.8, 4) is 0 Å². The van der Waals surface area contributed by atoms with Gasteiger partial charge in [0.05, 0.1) is 22.1 Å². The molecule has 0 amide bonds. The number of fused-ring (bicyclic) bond motifs is 12. The molecule has 0 fully saturated rings. The summed E-state index contributed by atoms with van der Waals surface area (Å²) in [6, 6.07) is 18.3. The van der Waals surface area contributed by atoms with Gasteiger partial charge >= 0.3 is 12.4 Å². The number of carboxylic acid groups (broad SMARTS) is 2. The Morgan fingerprint density at radius 3 is 1.31 bits per heavy atom. The second-order valence-electron chi connectivity index (χ2n) is 11.4. The summed E-state index contributed by atoms with van der Waals surface area (Å²) in [6.07, 6.45) is 1.33. The Balaban J connectivity index is 0.000000376. The summed E-state index contributed by atoms with van der Waals surface area (Å²) in [5.74, 6) is -6.01. The fraction of sp³-hybridized carbons (Fsp3) is 0.412. The molecule has 6 rings (SSSR count). The van der Waals surface area contributed by atoms with Crippen molar-refractivity contribution in [2.75, 3.05) is 23.7 Å². The summed E-state index contributed by atoms with van der Waals surface area (Å²) < 4.78 is 68.0. The Labute approximate surface area is 274 Å². The van der Waals surface area contributed by atoms with E-state index in [1.165, 1.54) is 82.8 Å². The van der Waals surface area contributed by atoms with Gasteiger partial charge in [-0.15, -0.1) is 0 Å². The Hall–Kier alpha value is -4.62. The molecule has 14 heteroatoms. The van der Waals surface area contributed by atoms with E-state index in [4.69, 9.17) is 19.8 Å². The number of anilines is 2. The van der Waals surface area contributed by atoms with Crippen molar-refractivity contribution >= 4 is 45.1 Å². The van der Waals surface area contributed by atoms with Crippen molar-refractivity contribution in [2.24, 2.45) is 0 Å². The molecule has 260 valence electrons. The Morgan fingerprint density at radius 2 is 0.958 bits per heavy atom. The number of alkyl halides is 6. The first-order chi connectivity index (χ1) is 22.6. The molecule has 0 spiro atoms. The fourth-order valence-corrected chi connectivity index (χ4v) is 5.21. The average Bonchev–Trinajstić information content (AvgIpc) is 3.00. The van der Waals surface area contributed by atoms with Crippen LogP contribution in [0, 0.1) is 13.8 Å². The molecule has 2 aliphatic heterocycles. The van der Waals surface area contributed by atoms with E-state index < -0.39 is 24.3 Å². The van der Waals surface area contributed by atoms with Crippen molar-refractivity contribution in [2.45, 2.75) is 77.8 Å². The smallest absolute Gasteiger partial charge is 0.430 e. The minimum atomic E-state index is -5.19. The number of halogens is 6. The lowest BCUT2D eigenvalue weighted by atomic mass is 10.1. The highest BCUT2D eigenvalue weighted by atomic mass is 19.4. The number of benzene rings is 2. The number of aromatic nitrogens is 2. The molecule has 8 nitrogen and oxygen atoms in total. The molecular weight excluding hydrogens is 642 g/mol. The maximum atomic E-state index is 10.5. The number of nitrogens with one attached hydrogen (secondary N) is 2. The van der Waals surface area contributed by atoms with Crippen molar-refractivity contribution < 1.29 is 55.3 Å². The van der Waals surface area contributed by atoms with Crippen LogP contribution in [0.3, 0.4) is 0 Å². The van der Waals surface area contributed by atoms with Gasteiger partial charge in [0.1, 0.15) is 25.0 Å². The van der Waals surface area contributed by atoms with E-state index >= 15 is 0 Å². The largest absolute Gasteiger partial charge is 0.542 e. The molecule has 0 atom stereocenters. The molecule has 4 heterocycles. The SMILES string of the molecule is Cc1ccc2c(c1)c1cc[n+]2CCCCC[n+]2ccc(c3cc(C)ccc32)NCCCCCN1.O=C([O-])C(F)(F)F.O=C([O-])C(F)(F)F. The highest BCUT2D eigenvalue weighted by Gasteiger charge is 2.29. The quantitative estimate of drug-likeness (QED) is 0.207. The highest BCUT2D eigenvalue weighted by Crippen LogP contribution is 2.24. The fourth-order valence-electron chi connectivity index (χ4n) is 5.21. The average molecular weight is 681 g/mol. The molecule has 48 heavy (non-hydrogen) atoms. The topological polar surface area (TPSA) is 112 Å². The maximum absolute atomic E-state index is 10.5. The van der Waals surface area contributed by atoms with Crippen molar-refractivity contribution in [1.29, 1.82) is 0 Å². The lowest BCUT2D eigenvalue weighted by Crippen LogP contribution is -2.37. The number of carboxylic acids is 2. The number of aryl methyl sites for hydroxylation is 4. The molecule has 2 aliphatic rings. The van der Waals surface area contributed by atoms with Crippen LogP contribution in [0.1, 0.15) is 49.7 Å². The molecule has 0 saturated carbocycles. The summed E-state index contributed by atoms with van der Waals surface area (Å²) >= 11 is 0. The molecule has 4 bridgehead atoms. The van der Waals surface area contributed by atoms with Gasteiger partial charge in [-0.25, -0.2) is 0 Å². The van der Waals surface area contributed by atoms with Crippen LogP contribution in [0.4, 0.5) is 37.7 Å². The lowest BCUT2D eigenvalue weighted by Gasteiger charge is -2.12. The minimum Gasteiger partial charge on any atom is -0.542 e. The monoisotopic (exact) mass is 680 g/mol. The minimum absolute atomic E-state index is 1.01. The number of rotatable bonds is 0. The van der Waals surface area contributed by atoms with Gasteiger partial charge in [-0.1, -0.05) is 12.1 Å². The van der Waals surface area contributed by atoms with Gasteiger partial charge in [-0.3, -0.25) is 0 Å². The molecular formula is C34H38F6N4O4. The second-order valence-corrected chi connectivity index (χ2v) is 11.4. The Morgan fingerprint density at radius 1 is 0.604 bits per heavy atom. The van der Waals surface area contributed by atoms with Crippen molar-refractivity contribution in [3.63, 3.8) is 0 Å². The summed E-state index contributed by atoms with van der Waals surface area (Å²) in [6.45, 7) is 8.53. The number of aliphatic carboxylic acids is 2. The molecule has 0 unspecified atom stereocenters. The van der Waals surface area contributed by atoms with Crippen LogP contribution >= 0.6 is 0 Å². The number of carbonyl (C=O) groups excluding carboxylic acids is 2. The van der Waals surface area contributed by atoms with E-state index in [0.29, 0.717) is 0 Å². The predicted octanol–water partition coefficient (Wildman–Crippen LogP) is 4.66. The van der Waals surface area contributed by atoms with Crippen LogP contribution in [-0.4, -0.2) is 37.4 Å². The van der Waals surface area contributed by atoms with Gasteiger partial charge in [0.25, 0.3) is 0 Å². The van der Waals surface area contributed by atoms with Crippen molar-refractivity contribution in [3.05, 3.63) is 72.1 Å². The van der Waals surface area contributed by atoms with Gasteiger partial charge in [0.15, 0.2) is 12.4 Å². The standard InChI is InChI=1S/C30H36N4.2C2HF3O2/c1-23-9-11-29-25(21-23)27-13-19-33(29)17-7-4-8-18-34-20-14-28(32-16-6-3-5-15-31-27)26-22-24(2)10-12-30(26)34;2*3-2(4,5)1(6)7/h9-14,19-22H,3-8,15-18H2,1-2H3;2*(H,6,7). The lowest BCUT2D eigenvalue weighted by molar-refractivity contribution is -0.675. The third-order valence-electron chi connectivity index (χ3n) is 7.59. The first-order valence-corrected chi connectivity index (χ1v) is 15.5.